The van der Waals surface area contributed by atoms with Crippen LogP contribution in [0, 0.1) is 11.6 Å². The van der Waals surface area contributed by atoms with Gasteiger partial charge in [0.15, 0.2) is 11.6 Å². The highest BCUT2D eigenvalue weighted by molar-refractivity contribution is 6.01. The monoisotopic (exact) mass is 423 g/mol. The number of amides is 4. The smallest absolute Gasteiger partial charge is 0.338 e. The number of halogens is 2. The van der Waals surface area contributed by atoms with Gasteiger partial charge in [-0.3, -0.25) is 0 Å². The lowest BCUT2D eigenvalue weighted by Crippen LogP contribution is -2.56. The maximum atomic E-state index is 14.0. The molecule has 0 radical (unpaired) electrons. The molecular formula is C20H23F2N3O5. The topological polar surface area (TPSA) is 97.0 Å². The maximum absolute atomic E-state index is 14.0. The van der Waals surface area contributed by atoms with Crippen molar-refractivity contribution in [3.8, 4) is 0 Å². The molecule has 2 aliphatic rings. The number of carbonyl (C=O) groups excluding carboxylic acids is 3. The molecule has 1 aliphatic heterocycles. The van der Waals surface area contributed by atoms with Crippen LogP contribution in [-0.4, -0.2) is 49.8 Å². The van der Waals surface area contributed by atoms with E-state index in [9.17, 15) is 23.2 Å². The Balaban J connectivity index is 2.10. The number of methoxy groups -OCH3 is 2. The summed E-state index contributed by atoms with van der Waals surface area (Å²) in [6.07, 6.45) is 3.45. The average molecular weight is 423 g/mol. The Kier molecular flexibility index (Phi) is 6.66. The first kappa shape index (κ1) is 21.7. The number of imide groups is 1. The third-order valence-corrected chi connectivity index (χ3v) is 5.19. The summed E-state index contributed by atoms with van der Waals surface area (Å²) in [5, 5.41) is 5.26. The van der Waals surface area contributed by atoms with Crippen molar-refractivity contribution in [2.24, 2.45) is 0 Å². The number of benzene rings is 1. The molecule has 0 spiro atoms. The highest BCUT2D eigenvalue weighted by Crippen LogP contribution is 2.35. The number of nitrogens with zero attached hydrogens (tertiary/aromatic N) is 1. The van der Waals surface area contributed by atoms with E-state index in [0.29, 0.717) is 0 Å². The highest BCUT2D eigenvalue weighted by atomic mass is 19.2. The van der Waals surface area contributed by atoms with Crippen LogP contribution in [0.2, 0.25) is 0 Å². The first-order chi connectivity index (χ1) is 14.4. The van der Waals surface area contributed by atoms with Crippen molar-refractivity contribution in [3.05, 3.63) is 46.7 Å². The first-order valence-corrected chi connectivity index (χ1v) is 9.53. The summed E-state index contributed by atoms with van der Waals surface area (Å²) >= 11 is 0. The molecule has 30 heavy (non-hydrogen) atoms. The molecule has 1 atom stereocenters. The van der Waals surface area contributed by atoms with Gasteiger partial charge < -0.3 is 20.1 Å². The molecule has 0 unspecified atom stereocenters. The molecule has 8 nitrogen and oxygen atoms in total. The quantitative estimate of drug-likeness (QED) is 0.710. The highest BCUT2D eigenvalue weighted by Gasteiger charge is 2.43. The molecule has 4 amide bonds. The average Bonchev–Trinajstić information content (AvgIpc) is 3.22. The van der Waals surface area contributed by atoms with Crippen LogP contribution in [0.5, 0.6) is 0 Å². The van der Waals surface area contributed by atoms with Crippen molar-refractivity contribution < 1.29 is 32.6 Å². The summed E-state index contributed by atoms with van der Waals surface area (Å²) in [5.41, 5.74) is 0.0138. The predicted molar refractivity (Wildman–Crippen MR) is 101 cm³/mol. The van der Waals surface area contributed by atoms with Gasteiger partial charge in [-0.05, 0) is 30.5 Å². The molecule has 0 bridgehead atoms. The van der Waals surface area contributed by atoms with Crippen molar-refractivity contribution in [2.75, 3.05) is 20.8 Å². The minimum Gasteiger partial charge on any atom is -0.466 e. The number of ether oxygens (including phenoxy) is 2. The molecule has 1 aromatic carbocycles. The fraction of sp³-hybridized carbons (Fsp3) is 0.450. The van der Waals surface area contributed by atoms with E-state index >= 15 is 0 Å². The maximum Gasteiger partial charge on any atom is 0.338 e. The van der Waals surface area contributed by atoms with Crippen LogP contribution >= 0.6 is 0 Å². The number of nitrogens with one attached hydrogen (secondary N) is 2. The summed E-state index contributed by atoms with van der Waals surface area (Å²) in [6, 6.07) is -0.0661. The number of urea groups is 2. The molecule has 1 aromatic rings. The van der Waals surface area contributed by atoms with Crippen LogP contribution < -0.4 is 10.6 Å². The summed E-state index contributed by atoms with van der Waals surface area (Å²) in [4.78, 5) is 39.2. The minimum atomic E-state index is -1.33. The van der Waals surface area contributed by atoms with Gasteiger partial charge >= 0.3 is 18.0 Å². The second-order valence-corrected chi connectivity index (χ2v) is 7.12. The van der Waals surface area contributed by atoms with Gasteiger partial charge in [0.25, 0.3) is 0 Å². The van der Waals surface area contributed by atoms with E-state index in [2.05, 4.69) is 10.6 Å². The Morgan fingerprint density at radius 1 is 1.20 bits per heavy atom. The molecule has 1 heterocycles. The lowest BCUT2D eigenvalue weighted by molar-refractivity contribution is -0.137. The summed E-state index contributed by atoms with van der Waals surface area (Å²) in [5.74, 6) is -3.11. The van der Waals surface area contributed by atoms with Gasteiger partial charge in [-0.25, -0.2) is 28.1 Å². The van der Waals surface area contributed by atoms with E-state index in [4.69, 9.17) is 9.47 Å². The Morgan fingerprint density at radius 3 is 2.50 bits per heavy atom. The molecule has 1 saturated carbocycles. The number of esters is 1. The zero-order valence-electron chi connectivity index (χ0n) is 16.7. The van der Waals surface area contributed by atoms with Crippen molar-refractivity contribution in [1.29, 1.82) is 0 Å². The van der Waals surface area contributed by atoms with Crippen LogP contribution in [0.1, 0.15) is 37.3 Å². The number of carbonyl (C=O) groups is 3. The van der Waals surface area contributed by atoms with Gasteiger partial charge in [-0.2, -0.15) is 0 Å². The molecular weight excluding hydrogens is 400 g/mol. The fourth-order valence-corrected chi connectivity index (χ4v) is 3.79. The van der Waals surface area contributed by atoms with Crippen molar-refractivity contribution in [1.82, 2.24) is 15.5 Å². The third-order valence-electron chi connectivity index (χ3n) is 5.19. The van der Waals surface area contributed by atoms with Crippen LogP contribution in [0.15, 0.2) is 29.5 Å². The van der Waals surface area contributed by atoms with E-state index < -0.39 is 35.7 Å². The van der Waals surface area contributed by atoms with Gasteiger partial charge in [0, 0.05) is 13.2 Å². The lowest BCUT2D eigenvalue weighted by Gasteiger charge is -2.37. The van der Waals surface area contributed by atoms with E-state index in [1.54, 1.807) is 0 Å². The van der Waals surface area contributed by atoms with E-state index in [1.165, 1.54) is 13.2 Å². The first-order valence-electron chi connectivity index (χ1n) is 9.53. The second kappa shape index (κ2) is 9.21. The minimum absolute atomic E-state index is 0.0410. The molecule has 2 N–H and O–H groups in total. The number of rotatable bonds is 5. The lowest BCUT2D eigenvalue weighted by atomic mass is 9.93. The Morgan fingerprint density at radius 2 is 1.90 bits per heavy atom. The Hall–Kier alpha value is -3.01. The van der Waals surface area contributed by atoms with Crippen LogP contribution in [-0.2, 0) is 14.3 Å². The van der Waals surface area contributed by atoms with Crippen molar-refractivity contribution in [3.63, 3.8) is 0 Å². The number of hydrogen-bond donors (Lipinski definition) is 2. The Labute approximate surface area is 172 Å². The SMILES string of the molecule is COCC1=C(C(=O)OC)[C@H](c2ccc(F)c(F)c2)N(C(=O)NC2CCCC2)C(=O)N1. The van der Waals surface area contributed by atoms with Gasteiger partial charge in [0.1, 0.15) is 6.04 Å². The molecule has 1 aliphatic carbocycles. The molecule has 0 saturated heterocycles. The number of hydrogen-bond acceptors (Lipinski definition) is 5. The molecule has 10 heteroatoms. The van der Waals surface area contributed by atoms with Crippen molar-refractivity contribution >= 4 is 18.0 Å². The van der Waals surface area contributed by atoms with Gasteiger partial charge in [0.2, 0.25) is 0 Å². The summed E-state index contributed by atoms with van der Waals surface area (Å²) in [7, 11) is 2.50. The fourth-order valence-electron chi connectivity index (χ4n) is 3.79. The van der Waals surface area contributed by atoms with Crippen molar-refractivity contribution in [2.45, 2.75) is 37.8 Å². The van der Waals surface area contributed by atoms with E-state index in [0.717, 1.165) is 49.8 Å². The summed E-state index contributed by atoms with van der Waals surface area (Å²) in [6.45, 7) is -0.158. The zero-order chi connectivity index (χ0) is 21.8. The van der Waals surface area contributed by atoms with E-state index in [-0.39, 0.29) is 29.5 Å². The second-order valence-electron chi connectivity index (χ2n) is 7.12. The molecule has 0 aromatic heterocycles. The predicted octanol–water partition coefficient (Wildman–Crippen LogP) is 2.76. The summed E-state index contributed by atoms with van der Waals surface area (Å²) < 4.78 is 37.4. The van der Waals surface area contributed by atoms with Gasteiger partial charge in [-0.15, -0.1) is 0 Å². The van der Waals surface area contributed by atoms with Gasteiger partial charge in [-0.1, -0.05) is 18.9 Å². The standard InChI is InChI=1S/C20H23F2N3O5/c1-29-10-15-16(18(26)30-2)17(11-7-8-13(21)14(22)9-11)25(20(28)24-15)19(27)23-12-5-3-4-6-12/h7-9,12,17H,3-6,10H2,1-2H3,(H,23,27)(H,24,28)/t17-/m0/s1. The molecule has 3 rings (SSSR count). The normalized spacial score (nSPS) is 19.7. The largest absolute Gasteiger partial charge is 0.466 e. The van der Waals surface area contributed by atoms with Gasteiger partial charge in [0.05, 0.1) is 25.0 Å². The molecule has 162 valence electrons. The molecule has 1 fully saturated rings. The van der Waals surface area contributed by atoms with Crippen LogP contribution in [0.4, 0.5) is 18.4 Å². The third kappa shape index (κ3) is 4.28. The van der Waals surface area contributed by atoms with E-state index in [1.807, 2.05) is 0 Å². The Bertz CT molecular complexity index is 883. The van der Waals surface area contributed by atoms with Crippen LogP contribution in [0.3, 0.4) is 0 Å². The zero-order valence-corrected chi connectivity index (χ0v) is 16.7. The van der Waals surface area contributed by atoms with Crippen LogP contribution in [0.25, 0.3) is 0 Å².